The molecule has 1 aromatic carbocycles. The van der Waals surface area contributed by atoms with Gasteiger partial charge in [-0.2, -0.15) is 4.31 Å². The van der Waals surface area contributed by atoms with Gasteiger partial charge in [0.2, 0.25) is 10.0 Å². The SMILES string of the molecule is C[C@@H]1CN(S(=O)(=O)c2ccc(C(=O)N[C@H](C(=O)O)[C@@H](C)O)cc2)C[C@@H](C)O1. The third-order valence-corrected chi connectivity index (χ3v) is 6.02. The van der Waals surface area contributed by atoms with E-state index in [0.717, 1.165) is 0 Å². The van der Waals surface area contributed by atoms with Crippen molar-refractivity contribution in [1.82, 2.24) is 9.62 Å². The highest BCUT2D eigenvalue weighted by Gasteiger charge is 2.32. The number of nitrogens with one attached hydrogen (secondary N) is 1. The molecule has 0 aromatic heterocycles. The number of carbonyl (C=O) groups excluding carboxylic acids is 1. The molecule has 1 saturated heterocycles. The van der Waals surface area contributed by atoms with Crippen LogP contribution in [-0.4, -0.2) is 72.3 Å². The molecule has 1 aliphatic heterocycles. The average molecular weight is 400 g/mol. The molecule has 2 rings (SSSR count). The van der Waals surface area contributed by atoms with E-state index in [9.17, 15) is 23.1 Å². The van der Waals surface area contributed by atoms with E-state index >= 15 is 0 Å². The van der Waals surface area contributed by atoms with Crippen molar-refractivity contribution in [2.45, 2.75) is 50.0 Å². The fourth-order valence-electron chi connectivity index (χ4n) is 2.87. The first kappa shape index (κ1) is 21.3. The number of aliphatic hydroxyl groups is 1. The number of amides is 1. The molecule has 1 amide bonds. The predicted molar refractivity (Wildman–Crippen MR) is 95.8 cm³/mol. The predicted octanol–water partition coefficient (Wildman–Crippen LogP) is 0.0483. The lowest BCUT2D eigenvalue weighted by Gasteiger charge is -2.34. The third-order valence-electron chi connectivity index (χ3n) is 4.18. The fourth-order valence-corrected chi connectivity index (χ4v) is 4.46. The Morgan fingerprint density at radius 3 is 2.15 bits per heavy atom. The summed E-state index contributed by atoms with van der Waals surface area (Å²) in [5.41, 5.74) is 0.0876. The molecule has 1 fully saturated rings. The van der Waals surface area contributed by atoms with Crippen LogP contribution in [0.5, 0.6) is 0 Å². The van der Waals surface area contributed by atoms with Gasteiger partial charge in [0.25, 0.3) is 5.91 Å². The van der Waals surface area contributed by atoms with Crippen LogP contribution >= 0.6 is 0 Å². The number of carbonyl (C=O) groups is 2. The van der Waals surface area contributed by atoms with Crippen molar-refractivity contribution in [3.05, 3.63) is 29.8 Å². The normalized spacial score (nSPS) is 23.4. The number of rotatable bonds is 6. The second-order valence-corrected chi connectivity index (χ2v) is 8.57. The summed E-state index contributed by atoms with van der Waals surface area (Å²) < 4.78 is 32.4. The van der Waals surface area contributed by atoms with Gasteiger partial charge in [0, 0.05) is 18.7 Å². The van der Waals surface area contributed by atoms with Crippen LogP contribution < -0.4 is 5.32 Å². The van der Waals surface area contributed by atoms with E-state index in [-0.39, 0.29) is 35.8 Å². The monoisotopic (exact) mass is 400 g/mol. The van der Waals surface area contributed by atoms with Crippen LogP contribution in [0.15, 0.2) is 29.2 Å². The summed E-state index contributed by atoms with van der Waals surface area (Å²) in [5.74, 6) is -2.09. The molecule has 0 aliphatic carbocycles. The standard InChI is InChI=1S/C17H24N2O7S/c1-10-8-19(9-11(2)26-10)27(24,25)14-6-4-13(5-7-14)16(21)18-15(12(3)20)17(22)23/h4-7,10-12,15,20H,8-9H2,1-3H3,(H,18,21)(H,22,23)/t10-,11-,12-,15+/m1/s1. The van der Waals surface area contributed by atoms with Gasteiger partial charge in [0.15, 0.2) is 6.04 Å². The minimum Gasteiger partial charge on any atom is -0.480 e. The minimum absolute atomic E-state index is 0.0330. The van der Waals surface area contributed by atoms with E-state index in [1.165, 1.54) is 35.5 Å². The summed E-state index contributed by atoms with van der Waals surface area (Å²) in [7, 11) is -3.73. The summed E-state index contributed by atoms with van der Waals surface area (Å²) >= 11 is 0. The van der Waals surface area contributed by atoms with Crippen LogP contribution in [0.25, 0.3) is 0 Å². The van der Waals surface area contributed by atoms with Crippen molar-refractivity contribution in [2.75, 3.05) is 13.1 Å². The molecule has 1 aromatic rings. The topological polar surface area (TPSA) is 133 Å². The number of morpholine rings is 1. The summed E-state index contributed by atoms with van der Waals surface area (Å²) in [4.78, 5) is 23.2. The van der Waals surface area contributed by atoms with E-state index in [2.05, 4.69) is 5.32 Å². The maximum atomic E-state index is 12.8. The second-order valence-electron chi connectivity index (χ2n) is 6.63. The highest BCUT2D eigenvalue weighted by Crippen LogP contribution is 2.21. The van der Waals surface area contributed by atoms with Gasteiger partial charge < -0.3 is 20.3 Å². The Bertz CT molecular complexity index is 782. The van der Waals surface area contributed by atoms with Crippen molar-refractivity contribution >= 4 is 21.9 Å². The van der Waals surface area contributed by atoms with Crippen LogP contribution in [0.3, 0.4) is 0 Å². The van der Waals surface area contributed by atoms with Gasteiger partial charge in [-0.15, -0.1) is 0 Å². The van der Waals surface area contributed by atoms with Gasteiger partial charge in [0.05, 0.1) is 23.2 Å². The molecule has 1 heterocycles. The van der Waals surface area contributed by atoms with Crippen LogP contribution in [0.2, 0.25) is 0 Å². The number of hydrogen-bond acceptors (Lipinski definition) is 6. The van der Waals surface area contributed by atoms with Gasteiger partial charge in [0.1, 0.15) is 0 Å². The quantitative estimate of drug-likeness (QED) is 0.614. The number of ether oxygens (including phenoxy) is 1. The molecule has 0 spiro atoms. The molecule has 9 nitrogen and oxygen atoms in total. The number of aliphatic hydroxyl groups excluding tert-OH is 1. The first-order valence-corrected chi connectivity index (χ1v) is 9.93. The number of carboxylic acid groups (broad SMARTS) is 1. The maximum absolute atomic E-state index is 12.8. The molecule has 27 heavy (non-hydrogen) atoms. The van der Waals surface area contributed by atoms with E-state index in [4.69, 9.17) is 9.84 Å². The number of aliphatic carboxylic acids is 1. The van der Waals surface area contributed by atoms with E-state index < -0.39 is 34.0 Å². The Labute approximate surface area is 158 Å². The lowest BCUT2D eigenvalue weighted by molar-refractivity contribution is -0.141. The Kier molecular flexibility index (Phi) is 6.58. The zero-order valence-corrected chi connectivity index (χ0v) is 16.1. The largest absolute Gasteiger partial charge is 0.480 e. The molecule has 4 atom stereocenters. The van der Waals surface area contributed by atoms with Crippen LogP contribution in [0.4, 0.5) is 0 Å². The zero-order valence-electron chi connectivity index (χ0n) is 15.3. The minimum atomic E-state index is -3.73. The van der Waals surface area contributed by atoms with Gasteiger partial charge in [-0.3, -0.25) is 4.79 Å². The Balaban J connectivity index is 2.16. The van der Waals surface area contributed by atoms with Crippen molar-refractivity contribution < 1.29 is 33.0 Å². The molecule has 10 heteroatoms. The number of carboxylic acids is 1. The summed E-state index contributed by atoms with van der Waals surface area (Å²) in [6.45, 7) is 5.32. The molecule has 0 unspecified atom stereocenters. The van der Waals surface area contributed by atoms with Gasteiger partial charge in [-0.05, 0) is 45.0 Å². The first-order valence-electron chi connectivity index (χ1n) is 8.49. The molecule has 3 N–H and O–H groups in total. The molecule has 0 saturated carbocycles. The number of hydrogen-bond donors (Lipinski definition) is 3. The van der Waals surface area contributed by atoms with Crippen LogP contribution in [-0.2, 0) is 19.6 Å². The first-order chi connectivity index (χ1) is 12.5. The average Bonchev–Trinajstić information content (AvgIpc) is 2.58. The van der Waals surface area contributed by atoms with Gasteiger partial charge >= 0.3 is 5.97 Å². The second kappa shape index (κ2) is 8.34. The smallest absolute Gasteiger partial charge is 0.328 e. The molecule has 0 radical (unpaired) electrons. The summed E-state index contributed by atoms with van der Waals surface area (Å²) in [6, 6.07) is 3.74. The van der Waals surface area contributed by atoms with Crippen molar-refractivity contribution in [3.63, 3.8) is 0 Å². The molecule has 150 valence electrons. The summed E-state index contributed by atoms with van der Waals surface area (Å²) in [5, 5.41) is 20.6. The highest BCUT2D eigenvalue weighted by molar-refractivity contribution is 7.89. The van der Waals surface area contributed by atoms with Crippen LogP contribution in [0.1, 0.15) is 31.1 Å². The van der Waals surface area contributed by atoms with Crippen molar-refractivity contribution in [1.29, 1.82) is 0 Å². The molecule has 1 aliphatic rings. The van der Waals surface area contributed by atoms with E-state index in [0.29, 0.717) is 0 Å². The fraction of sp³-hybridized carbons (Fsp3) is 0.529. The Hall–Kier alpha value is -2.01. The third kappa shape index (κ3) is 5.04. The Morgan fingerprint density at radius 1 is 1.19 bits per heavy atom. The van der Waals surface area contributed by atoms with Crippen molar-refractivity contribution in [3.8, 4) is 0 Å². The molecular formula is C17H24N2O7S. The van der Waals surface area contributed by atoms with Gasteiger partial charge in [-0.25, -0.2) is 13.2 Å². The van der Waals surface area contributed by atoms with Crippen LogP contribution in [0, 0.1) is 0 Å². The van der Waals surface area contributed by atoms with E-state index in [1.54, 1.807) is 13.8 Å². The number of nitrogens with zero attached hydrogens (tertiary/aromatic N) is 1. The maximum Gasteiger partial charge on any atom is 0.328 e. The van der Waals surface area contributed by atoms with E-state index in [1.807, 2.05) is 0 Å². The highest BCUT2D eigenvalue weighted by atomic mass is 32.2. The lowest BCUT2D eigenvalue weighted by Crippen LogP contribution is -2.48. The Morgan fingerprint density at radius 2 is 1.70 bits per heavy atom. The zero-order chi connectivity index (χ0) is 20.4. The number of benzene rings is 1. The molecular weight excluding hydrogens is 376 g/mol. The molecule has 0 bridgehead atoms. The summed E-state index contributed by atoms with van der Waals surface area (Å²) in [6.07, 6.45) is -1.72. The lowest BCUT2D eigenvalue weighted by atomic mass is 10.1. The van der Waals surface area contributed by atoms with Crippen molar-refractivity contribution in [2.24, 2.45) is 0 Å². The number of sulfonamides is 1. The van der Waals surface area contributed by atoms with Gasteiger partial charge in [-0.1, -0.05) is 0 Å².